The highest BCUT2D eigenvalue weighted by Gasteiger charge is 2.44. The molecule has 2 aliphatic heterocycles. The molecule has 2 aliphatic rings. The van der Waals surface area contributed by atoms with Gasteiger partial charge in [-0.3, -0.25) is 4.79 Å². The second-order valence-electron chi connectivity index (χ2n) is 7.58. The molecule has 0 aliphatic carbocycles. The van der Waals surface area contributed by atoms with E-state index in [0.29, 0.717) is 12.0 Å². The molecule has 110 valence electrons. The summed E-state index contributed by atoms with van der Waals surface area (Å²) in [6, 6.07) is 0. The monoisotopic (exact) mass is 269 g/mol. The average molecular weight is 269 g/mol. The van der Waals surface area contributed by atoms with E-state index in [2.05, 4.69) is 25.7 Å². The summed E-state index contributed by atoms with van der Waals surface area (Å²) in [5.41, 5.74) is 0.507. The molecule has 2 rings (SSSR count). The summed E-state index contributed by atoms with van der Waals surface area (Å²) in [4.78, 5) is 13.7. The van der Waals surface area contributed by atoms with Gasteiger partial charge >= 0.3 is 5.97 Å². The van der Waals surface area contributed by atoms with Gasteiger partial charge in [0, 0.05) is 38.3 Å². The number of aliphatic carboxylic acids is 1. The van der Waals surface area contributed by atoms with Crippen LogP contribution in [0.1, 0.15) is 40.0 Å². The minimum Gasteiger partial charge on any atom is -0.481 e. The van der Waals surface area contributed by atoms with E-state index in [4.69, 9.17) is 4.74 Å². The maximum atomic E-state index is 11.4. The minimum atomic E-state index is -0.650. The molecule has 0 aromatic heterocycles. The van der Waals surface area contributed by atoms with Crippen LogP contribution in [0.2, 0.25) is 0 Å². The first-order valence-electron chi connectivity index (χ1n) is 7.33. The number of likely N-dealkylation sites (tertiary alicyclic amines) is 1. The lowest BCUT2D eigenvalue weighted by Crippen LogP contribution is -2.59. The van der Waals surface area contributed by atoms with Gasteiger partial charge in [0.15, 0.2) is 0 Å². The van der Waals surface area contributed by atoms with Gasteiger partial charge in [0.2, 0.25) is 0 Å². The quantitative estimate of drug-likeness (QED) is 0.850. The molecule has 1 N–H and O–H groups in total. The zero-order valence-electron chi connectivity index (χ0n) is 12.4. The van der Waals surface area contributed by atoms with Crippen molar-refractivity contribution in [1.82, 2.24) is 4.90 Å². The molecule has 19 heavy (non-hydrogen) atoms. The van der Waals surface area contributed by atoms with Crippen LogP contribution < -0.4 is 0 Å². The average Bonchev–Trinajstić information content (AvgIpc) is 2.25. The Hall–Kier alpha value is -0.610. The third-order valence-electron chi connectivity index (χ3n) is 4.36. The summed E-state index contributed by atoms with van der Waals surface area (Å²) in [5.74, 6) is -0.889. The van der Waals surface area contributed by atoms with Gasteiger partial charge in [-0.2, -0.15) is 0 Å². The van der Waals surface area contributed by atoms with Gasteiger partial charge in [-0.1, -0.05) is 20.8 Å². The van der Waals surface area contributed by atoms with E-state index < -0.39 is 5.97 Å². The highest BCUT2D eigenvalue weighted by molar-refractivity contribution is 5.70. The zero-order chi connectivity index (χ0) is 14.1. The van der Waals surface area contributed by atoms with Gasteiger partial charge in [0.25, 0.3) is 0 Å². The number of nitrogens with zero attached hydrogens (tertiary/aromatic N) is 1. The topological polar surface area (TPSA) is 49.8 Å². The molecule has 0 saturated carbocycles. The molecule has 1 spiro atoms. The smallest absolute Gasteiger partial charge is 0.307 e. The van der Waals surface area contributed by atoms with Gasteiger partial charge in [0.05, 0.1) is 5.92 Å². The zero-order valence-corrected chi connectivity index (χ0v) is 12.4. The lowest BCUT2D eigenvalue weighted by molar-refractivity contribution is -0.146. The SMILES string of the molecule is CC(C)(C)CC(CN1CC2(CCOCC2)C1)C(=O)O. The third-order valence-corrected chi connectivity index (χ3v) is 4.36. The lowest BCUT2D eigenvalue weighted by atomic mass is 9.72. The van der Waals surface area contributed by atoms with Crippen molar-refractivity contribution in [3.05, 3.63) is 0 Å². The molecule has 0 aromatic carbocycles. The second kappa shape index (κ2) is 5.41. The summed E-state index contributed by atoms with van der Waals surface area (Å²) in [5, 5.41) is 9.36. The molecule has 2 fully saturated rings. The highest BCUT2D eigenvalue weighted by atomic mass is 16.5. The van der Waals surface area contributed by atoms with Crippen LogP contribution in [0.5, 0.6) is 0 Å². The van der Waals surface area contributed by atoms with Crippen LogP contribution in [0, 0.1) is 16.7 Å². The molecule has 4 nitrogen and oxygen atoms in total. The van der Waals surface area contributed by atoms with Crippen molar-refractivity contribution < 1.29 is 14.6 Å². The number of ether oxygens (including phenoxy) is 1. The van der Waals surface area contributed by atoms with Gasteiger partial charge < -0.3 is 14.7 Å². The summed E-state index contributed by atoms with van der Waals surface area (Å²) < 4.78 is 5.41. The largest absolute Gasteiger partial charge is 0.481 e. The fraction of sp³-hybridized carbons (Fsp3) is 0.933. The van der Waals surface area contributed by atoms with E-state index in [1.165, 1.54) is 0 Å². The number of carbonyl (C=O) groups is 1. The summed E-state index contributed by atoms with van der Waals surface area (Å²) in [6.45, 7) is 10.9. The second-order valence-corrected chi connectivity index (χ2v) is 7.58. The van der Waals surface area contributed by atoms with E-state index in [1.54, 1.807) is 0 Å². The van der Waals surface area contributed by atoms with E-state index in [1.807, 2.05) is 0 Å². The van der Waals surface area contributed by atoms with E-state index in [-0.39, 0.29) is 11.3 Å². The maximum absolute atomic E-state index is 11.4. The Morgan fingerprint density at radius 2 is 1.89 bits per heavy atom. The van der Waals surface area contributed by atoms with Crippen molar-refractivity contribution in [2.75, 3.05) is 32.8 Å². The van der Waals surface area contributed by atoms with Crippen LogP contribution in [0.15, 0.2) is 0 Å². The molecule has 2 heterocycles. The van der Waals surface area contributed by atoms with Gasteiger partial charge in [-0.25, -0.2) is 0 Å². The number of rotatable bonds is 4. The Labute approximate surface area is 116 Å². The Bertz CT molecular complexity index is 321. The molecular weight excluding hydrogens is 242 g/mol. The van der Waals surface area contributed by atoms with Gasteiger partial charge in [-0.15, -0.1) is 0 Å². The molecule has 0 amide bonds. The Kier molecular flexibility index (Phi) is 4.21. The third kappa shape index (κ3) is 3.93. The first-order chi connectivity index (χ1) is 8.80. The Balaban J connectivity index is 1.82. The van der Waals surface area contributed by atoms with Crippen molar-refractivity contribution >= 4 is 5.97 Å². The van der Waals surface area contributed by atoms with E-state index >= 15 is 0 Å². The van der Waals surface area contributed by atoms with E-state index in [0.717, 1.165) is 45.6 Å². The number of carboxylic acid groups (broad SMARTS) is 1. The van der Waals surface area contributed by atoms with Crippen LogP contribution in [-0.4, -0.2) is 48.8 Å². The van der Waals surface area contributed by atoms with Crippen molar-refractivity contribution in [3.8, 4) is 0 Å². The number of hydrogen-bond donors (Lipinski definition) is 1. The van der Waals surface area contributed by atoms with Crippen LogP contribution in [0.25, 0.3) is 0 Å². The highest BCUT2D eigenvalue weighted by Crippen LogP contribution is 2.40. The van der Waals surface area contributed by atoms with Crippen molar-refractivity contribution in [3.63, 3.8) is 0 Å². The standard InChI is InChI=1S/C15H27NO3/c1-14(2,3)8-12(13(17)18)9-16-10-15(11-16)4-6-19-7-5-15/h12H,4-11H2,1-3H3,(H,17,18). The molecular formula is C15H27NO3. The van der Waals surface area contributed by atoms with Crippen LogP contribution in [0.3, 0.4) is 0 Å². The number of hydrogen-bond acceptors (Lipinski definition) is 3. The van der Waals surface area contributed by atoms with Crippen LogP contribution in [-0.2, 0) is 9.53 Å². The summed E-state index contributed by atoms with van der Waals surface area (Å²) >= 11 is 0. The summed E-state index contributed by atoms with van der Waals surface area (Å²) in [7, 11) is 0. The van der Waals surface area contributed by atoms with Crippen LogP contribution in [0.4, 0.5) is 0 Å². The van der Waals surface area contributed by atoms with Crippen LogP contribution >= 0.6 is 0 Å². The first-order valence-corrected chi connectivity index (χ1v) is 7.33. The molecule has 4 heteroatoms. The van der Waals surface area contributed by atoms with Crippen molar-refractivity contribution in [2.45, 2.75) is 40.0 Å². The lowest BCUT2D eigenvalue weighted by Gasteiger charge is -2.53. The fourth-order valence-corrected chi connectivity index (χ4v) is 3.43. The van der Waals surface area contributed by atoms with Gasteiger partial charge in [-0.05, 0) is 24.7 Å². The molecule has 1 atom stereocenters. The Morgan fingerprint density at radius 1 is 1.32 bits per heavy atom. The minimum absolute atomic E-state index is 0.0737. The normalized spacial score (nSPS) is 25.0. The summed E-state index contributed by atoms with van der Waals surface area (Å²) in [6.07, 6.45) is 3.02. The number of carboxylic acids is 1. The molecule has 0 aromatic rings. The van der Waals surface area contributed by atoms with Gasteiger partial charge in [0.1, 0.15) is 0 Å². The predicted octanol–water partition coefficient (Wildman–Crippen LogP) is 2.24. The molecule has 0 radical (unpaired) electrons. The fourth-order valence-electron chi connectivity index (χ4n) is 3.43. The van der Waals surface area contributed by atoms with Crippen molar-refractivity contribution in [2.24, 2.45) is 16.7 Å². The first kappa shape index (κ1) is 14.8. The van der Waals surface area contributed by atoms with Crippen molar-refractivity contribution in [1.29, 1.82) is 0 Å². The maximum Gasteiger partial charge on any atom is 0.307 e. The molecule has 2 saturated heterocycles. The molecule has 0 bridgehead atoms. The Morgan fingerprint density at radius 3 is 2.37 bits per heavy atom. The molecule has 1 unspecified atom stereocenters. The predicted molar refractivity (Wildman–Crippen MR) is 74.1 cm³/mol. The van der Waals surface area contributed by atoms with E-state index in [9.17, 15) is 9.90 Å².